The Labute approximate surface area is 220 Å². The van der Waals surface area contributed by atoms with Gasteiger partial charge in [-0.15, -0.1) is 5.10 Å². The molecule has 2 atom stereocenters. The lowest BCUT2D eigenvalue weighted by Crippen LogP contribution is -2.36. The SMILES string of the molecule is COc1ccc(CN(C)c2cc(N3c4ccccc4C[C@H]3C(=O)O)nn3c(C(O)NC4CC4)cnc23)cc1. The van der Waals surface area contributed by atoms with Gasteiger partial charge in [0.2, 0.25) is 0 Å². The maximum absolute atomic E-state index is 12.3. The maximum Gasteiger partial charge on any atom is 0.327 e. The Morgan fingerprint density at radius 1 is 1.21 bits per heavy atom. The molecule has 1 unspecified atom stereocenters. The zero-order valence-corrected chi connectivity index (χ0v) is 21.3. The molecule has 0 radical (unpaired) electrons. The van der Waals surface area contributed by atoms with E-state index in [9.17, 15) is 15.0 Å². The summed E-state index contributed by atoms with van der Waals surface area (Å²) in [5, 5.41) is 29.1. The molecular weight excluding hydrogens is 484 g/mol. The van der Waals surface area contributed by atoms with Crippen molar-refractivity contribution in [2.75, 3.05) is 24.0 Å². The Morgan fingerprint density at radius 2 is 1.97 bits per heavy atom. The number of carbonyl (C=O) groups is 1. The number of aliphatic carboxylic acids is 1. The highest BCUT2D eigenvalue weighted by atomic mass is 16.5. The first-order valence-electron chi connectivity index (χ1n) is 12.7. The fourth-order valence-electron chi connectivity index (χ4n) is 5.06. The molecule has 1 fully saturated rings. The molecule has 4 aromatic rings. The van der Waals surface area contributed by atoms with E-state index < -0.39 is 18.2 Å². The molecule has 2 aromatic heterocycles. The number of aliphatic hydroxyl groups is 1. The summed E-state index contributed by atoms with van der Waals surface area (Å²) < 4.78 is 6.92. The van der Waals surface area contributed by atoms with Crippen LogP contribution in [0.2, 0.25) is 0 Å². The number of aliphatic hydroxyl groups excluding tert-OH is 1. The van der Waals surface area contributed by atoms with Gasteiger partial charge >= 0.3 is 5.97 Å². The van der Waals surface area contributed by atoms with E-state index in [1.165, 1.54) is 0 Å². The van der Waals surface area contributed by atoms with Gasteiger partial charge in [0, 0.05) is 37.8 Å². The van der Waals surface area contributed by atoms with Crippen molar-refractivity contribution < 1.29 is 19.7 Å². The first kappa shape index (κ1) is 24.2. The Balaban J connectivity index is 1.46. The molecule has 3 N–H and O–H groups in total. The molecule has 10 heteroatoms. The van der Waals surface area contributed by atoms with Crippen LogP contribution in [0.15, 0.2) is 60.8 Å². The molecule has 38 heavy (non-hydrogen) atoms. The maximum atomic E-state index is 12.3. The minimum Gasteiger partial charge on any atom is -0.497 e. The number of para-hydroxylation sites is 1. The van der Waals surface area contributed by atoms with Crippen molar-refractivity contribution in [3.05, 3.63) is 77.6 Å². The Bertz CT molecular complexity index is 1480. The number of nitrogens with one attached hydrogen (secondary N) is 1. The third kappa shape index (κ3) is 4.42. The van der Waals surface area contributed by atoms with E-state index in [-0.39, 0.29) is 6.04 Å². The second-order valence-electron chi connectivity index (χ2n) is 9.91. The van der Waals surface area contributed by atoms with Crippen LogP contribution in [0.3, 0.4) is 0 Å². The second kappa shape index (κ2) is 9.62. The number of carboxylic acid groups (broad SMARTS) is 1. The zero-order chi connectivity index (χ0) is 26.4. The molecule has 0 bridgehead atoms. The Morgan fingerprint density at radius 3 is 2.68 bits per heavy atom. The number of benzene rings is 2. The molecule has 0 amide bonds. The van der Waals surface area contributed by atoms with E-state index in [0.717, 1.165) is 41.1 Å². The predicted octanol–water partition coefficient (Wildman–Crippen LogP) is 3.26. The third-order valence-electron chi connectivity index (χ3n) is 7.21. The highest BCUT2D eigenvalue weighted by Gasteiger charge is 2.37. The number of imidazole rings is 1. The predicted molar refractivity (Wildman–Crippen MR) is 143 cm³/mol. The summed E-state index contributed by atoms with van der Waals surface area (Å²) in [5.74, 6) is 0.342. The standard InChI is InChI=1S/C28H30N6O4/c1-32(16-17-7-11-20(38-2)12-8-17)22-14-25(33-21-6-4-3-5-18(21)13-23(33)28(36)37)31-34-24(15-29-26(22)34)27(35)30-19-9-10-19/h3-8,11-12,14-15,19,23,27,30,35H,9-10,13,16H2,1-2H3,(H,36,37)/t23-,27?/m0/s1. The van der Waals surface area contributed by atoms with Gasteiger partial charge in [-0.05, 0) is 42.2 Å². The van der Waals surface area contributed by atoms with E-state index in [2.05, 4.69) is 15.2 Å². The normalized spacial score (nSPS) is 17.4. The van der Waals surface area contributed by atoms with Crippen LogP contribution in [-0.2, 0) is 17.8 Å². The van der Waals surface area contributed by atoms with E-state index in [1.54, 1.807) is 22.7 Å². The summed E-state index contributed by atoms with van der Waals surface area (Å²) in [4.78, 5) is 20.8. The van der Waals surface area contributed by atoms with Gasteiger partial charge in [-0.25, -0.2) is 14.3 Å². The summed E-state index contributed by atoms with van der Waals surface area (Å²) in [6.45, 7) is 0.577. The van der Waals surface area contributed by atoms with Crippen molar-refractivity contribution in [3.63, 3.8) is 0 Å². The van der Waals surface area contributed by atoms with Crippen LogP contribution in [0, 0.1) is 0 Å². The van der Waals surface area contributed by atoms with Crippen molar-refractivity contribution in [2.24, 2.45) is 0 Å². The van der Waals surface area contributed by atoms with Gasteiger partial charge in [-0.1, -0.05) is 30.3 Å². The number of carboxylic acids is 1. The van der Waals surface area contributed by atoms with Crippen LogP contribution in [0.1, 0.15) is 35.9 Å². The minimum atomic E-state index is -0.943. The minimum absolute atomic E-state index is 0.276. The number of fused-ring (bicyclic) bond motifs is 2. The number of aromatic nitrogens is 3. The van der Waals surface area contributed by atoms with E-state index >= 15 is 0 Å². The van der Waals surface area contributed by atoms with Gasteiger partial charge in [-0.2, -0.15) is 0 Å². The fraction of sp³-hybridized carbons (Fsp3) is 0.321. The lowest BCUT2D eigenvalue weighted by atomic mass is 10.1. The first-order chi connectivity index (χ1) is 18.4. The van der Waals surface area contributed by atoms with Crippen LogP contribution in [0.4, 0.5) is 17.2 Å². The molecule has 1 aliphatic heterocycles. The van der Waals surface area contributed by atoms with Gasteiger partial charge in [-0.3, -0.25) is 5.32 Å². The summed E-state index contributed by atoms with van der Waals surface area (Å²) in [6, 6.07) is 16.9. The van der Waals surface area contributed by atoms with Gasteiger partial charge in [0.05, 0.1) is 19.0 Å². The number of ether oxygens (including phenoxy) is 1. The average Bonchev–Trinajstić information content (AvgIpc) is 3.48. The number of hydrogen-bond acceptors (Lipinski definition) is 8. The lowest BCUT2D eigenvalue weighted by Gasteiger charge is -2.27. The molecule has 6 rings (SSSR count). The Hall–Kier alpha value is -4.15. The average molecular weight is 515 g/mol. The van der Waals surface area contributed by atoms with Crippen molar-refractivity contribution in [3.8, 4) is 5.75 Å². The fourth-order valence-corrected chi connectivity index (χ4v) is 5.06. The van der Waals surface area contributed by atoms with Crippen molar-refractivity contribution >= 4 is 28.8 Å². The second-order valence-corrected chi connectivity index (χ2v) is 9.91. The molecule has 2 aromatic carbocycles. The molecule has 2 aliphatic rings. The summed E-state index contributed by atoms with van der Waals surface area (Å²) in [7, 11) is 3.60. The molecule has 10 nitrogen and oxygen atoms in total. The van der Waals surface area contributed by atoms with Crippen LogP contribution < -0.4 is 19.9 Å². The molecule has 0 saturated heterocycles. The summed E-state index contributed by atoms with van der Waals surface area (Å²) >= 11 is 0. The number of nitrogens with zero attached hydrogens (tertiary/aromatic N) is 5. The topological polar surface area (TPSA) is 115 Å². The van der Waals surface area contributed by atoms with Crippen LogP contribution in [0.5, 0.6) is 5.75 Å². The van der Waals surface area contributed by atoms with E-state index in [0.29, 0.717) is 30.1 Å². The van der Waals surface area contributed by atoms with Crippen LogP contribution in [0.25, 0.3) is 5.65 Å². The van der Waals surface area contributed by atoms with Crippen LogP contribution in [-0.4, -0.2) is 57.0 Å². The van der Waals surface area contributed by atoms with Crippen LogP contribution >= 0.6 is 0 Å². The highest BCUT2D eigenvalue weighted by molar-refractivity contribution is 5.87. The molecular formula is C28H30N6O4. The van der Waals surface area contributed by atoms with Crippen molar-refractivity contribution in [1.82, 2.24) is 19.9 Å². The zero-order valence-electron chi connectivity index (χ0n) is 21.3. The van der Waals surface area contributed by atoms with Crippen molar-refractivity contribution in [1.29, 1.82) is 0 Å². The quantitative estimate of drug-likeness (QED) is 0.290. The molecule has 1 aliphatic carbocycles. The number of anilines is 3. The third-order valence-corrected chi connectivity index (χ3v) is 7.21. The monoisotopic (exact) mass is 514 g/mol. The number of methoxy groups -OCH3 is 1. The van der Waals surface area contributed by atoms with Crippen molar-refractivity contribution in [2.45, 2.75) is 44.1 Å². The lowest BCUT2D eigenvalue weighted by molar-refractivity contribution is -0.138. The molecule has 1 saturated carbocycles. The van der Waals surface area contributed by atoms with Gasteiger partial charge in [0.1, 0.15) is 23.7 Å². The first-order valence-corrected chi connectivity index (χ1v) is 12.7. The summed E-state index contributed by atoms with van der Waals surface area (Å²) in [6.07, 6.45) is 3.11. The Kier molecular flexibility index (Phi) is 6.13. The van der Waals surface area contributed by atoms with E-state index in [4.69, 9.17) is 9.84 Å². The largest absolute Gasteiger partial charge is 0.497 e. The van der Waals surface area contributed by atoms with Gasteiger partial charge in [0.15, 0.2) is 11.5 Å². The van der Waals surface area contributed by atoms with Gasteiger partial charge < -0.3 is 24.7 Å². The van der Waals surface area contributed by atoms with Gasteiger partial charge in [0.25, 0.3) is 0 Å². The smallest absolute Gasteiger partial charge is 0.327 e. The number of hydrogen-bond donors (Lipinski definition) is 3. The number of rotatable bonds is 9. The molecule has 3 heterocycles. The van der Waals surface area contributed by atoms with E-state index in [1.807, 2.05) is 61.6 Å². The summed E-state index contributed by atoms with van der Waals surface area (Å²) in [5.41, 5.74) is 4.69. The molecule has 0 spiro atoms. The molecule has 196 valence electrons. The highest BCUT2D eigenvalue weighted by Crippen LogP contribution is 2.39.